The number of anilines is 1. The van der Waals surface area contributed by atoms with Gasteiger partial charge in [-0.15, -0.1) is 11.3 Å². The predicted octanol–water partition coefficient (Wildman–Crippen LogP) is 3.62. The van der Waals surface area contributed by atoms with E-state index in [1.54, 1.807) is 24.3 Å². The molecule has 3 rings (SSSR count). The predicted molar refractivity (Wildman–Crippen MR) is 122 cm³/mol. The molecule has 10 heteroatoms. The Morgan fingerprint density at radius 3 is 2.47 bits per heavy atom. The summed E-state index contributed by atoms with van der Waals surface area (Å²) in [5.74, 6) is -1.15. The molecule has 1 aromatic heterocycles. The number of hydrogen-bond acceptors (Lipinski definition) is 7. The number of benzene rings is 1. The van der Waals surface area contributed by atoms with E-state index in [0.717, 1.165) is 35.3 Å². The molecule has 1 aliphatic rings. The lowest BCUT2D eigenvalue weighted by molar-refractivity contribution is -0.116. The molecule has 2 aromatic rings. The maximum atomic E-state index is 12.6. The monoisotopic (exact) mass is 478 g/mol. The summed E-state index contributed by atoms with van der Waals surface area (Å²) >= 11 is 1.33. The van der Waals surface area contributed by atoms with Crippen molar-refractivity contribution in [3.63, 3.8) is 0 Å². The molecular formula is C22H26N2O6S2. The number of alkyl carbamates (subject to hydrolysis) is 1. The van der Waals surface area contributed by atoms with Gasteiger partial charge in [0.05, 0.1) is 23.3 Å². The number of hydrogen-bond donors (Lipinski definition) is 2. The lowest BCUT2D eigenvalue weighted by Crippen LogP contribution is -2.31. The fraction of sp³-hybridized carbons (Fsp3) is 0.409. The van der Waals surface area contributed by atoms with E-state index < -0.39 is 21.8 Å². The van der Waals surface area contributed by atoms with Gasteiger partial charge in [-0.1, -0.05) is 17.7 Å². The highest BCUT2D eigenvalue weighted by Crippen LogP contribution is 2.38. The van der Waals surface area contributed by atoms with Crippen molar-refractivity contribution in [3.8, 4) is 0 Å². The first-order chi connectivity index (χ1) is 15.2. The van der Waals surface area contributed by atoms with Crippen LogP contribution in [-0.2, 0) is 32.2 Å². The van der Waals surface area contributed by atoms with Crippen LogP contribution in [0.2, 0.25) is 0 Å². The summed E-state index contributed by atoms with van der Waals surface area (Å²) in [6, 6.07) is 6.60. The number of sulfone groups is 1. The van der Waals surface area contributed by atoms with Crippen molar-refractivity contribution in [3.05, 3.63) is 45.8 Å². The third kappa shape index (κ3) is 5.74. The summed E-state index contributed by atoms with van der Waals surface area (Å²) in [4.78, 5) is 37.9. The van der Waals surface area contributed by atoms with E-state index in [-0.39, 0.29) is 35.0 Å². The number of ether oxygens (including phenoxy) is 1. The number of nitrogens with one attached hydrogen (secondary N) is 2. The molecule has 1 aromatic carbocycles. The van der Waals surface area contributed by atoms with Crippen LogP contribution in [-0.4, -0.2) is 39.2 Å². The summed E-state index contributed by atoms with van der Waals surface area (Å²) in [5, 5.41) is 5.28. The second-order valence-electron chi connectivity index (χ2n) is 7.64. The molecule has 0 saturated heterocycles. The number of fused-ring (bicyclic) bond motifs is 1. The number of amides is 3. The normalized spacial score (nSPS) is 13.2. The van der Waals surface area contributed by atoms with Crippen molar-refractivity contribution < 1.29 is 27.5 Å². The summed E-state index contributed by atoms with van der Waals surface area (Å²) in [5.41, 5.74) is 2.10. The lowest BCUT2D eigenvalue weighted by atomic mass is 9.95. The third-order valence-electron chi connectivity index (χ3n) is 5.25. The SMILES string of the molecule is COC(=O)NC(=O)c1c(NC(=O)CCCS(=O)(=O)c2ccc(C)cc2)sc2c1CCCC2. The van der Waals surface area contributed by atoms with Gasteiger partial charge < -0.3 is 10.1 Å². The number of methoxy groups -OCH3 is 1. The topological polar surface area (TPSA) is 119 Å². The van der Waals surface area contributed by atoms with E-state index in [1.807, 2.05) is 6.92 Å². The van der Waals surface area contributed by atoms with Gasteiger partial charge in [-0.05, 0) is 56.7 Å². The van der Waals surface area contributed by atoms with E-state index in [1.165, 1.54) is 18.4 Å². The summed E-state index contributed by atoms with van der Waals surface area (Å²) < 4.78 is 29.4. The van der Waals surface area contributed by atoms with E-state index in [4.69, 9.17) is 0 Å². The number of rotatable bonds is 7. The van der Waals surface area contributed by atoms with Gasteiger partial charge in [-0.3, -0.25) is 14.9 Å². The summed E-state index contributed by atoms with van der Waals surface area (Å²) in [6.45, 7) is 1.88. The quantitative estimate of drug-likeness (QED) is 0.627. The number of carbonyl (C=O) groups excluding carboxylic acids is 3. The maximum Gasteiger partial charge on any atom is 0.413 e. The van der Waals surface area contributed by atoms with Gasteiger partial charge in [-0.25, -0.2) is 13.2 Å². The highest BCUT2D eigenvalue weighted by molar-refractivity contribution is 7.91. The molecule has 1 heterocycles. The van der Waals surface area contributed by atoms with Crippen LogP contribution in [0.25, 0.3) is 0 Å². The summed E-state index contributed by atoms with van der Waals surface area (Å²) in [7, 11) is -2.31. The van der Waals surface area contributed by atoms with Crippen molar-refractivity contribution in [2.75, 3.05) is 18.2 Å². The molecule has 32 heavy (non-hydrogen) atoms. The van der Waals surface area contributed by atoms with E-state index in [0.29, 0.717) is 11.4 Å². The average Bonchev–Trinajstić information content (AvgIpc) is 3.11. The van der Waals surface area contributed by atoms with Crippen molar-refractivity contribution in [2.45, 2.75) is 50.3 Å². The Kier molecular flexibility index (Phi) is 7.68. The second-order valence-corrected chi connectivity index (χ2v) is 10.9. The Balaban J connectivity index is 1.66. The van der Waals surface area contributed by atoms with Crippen molar-refractivity contribution in [1.82, 2.24) is 5.32 Å². The van der Waals surface area contributed by atoms with Crippen molar-refractivity contribution in [2.24, 2.45) is 0 Å². The Labute approximate surface area is 191 Å². The van der Waals surface area contributed by atoms with Crippen LogP contribution in [0.4, 0.5) is 9.80 Å². The molecule has 0 aliphatic heterocycles. The Morgan fingerprint density at radius 1 is 1.09 bits per heavy atom. The standard InChI is InChI=1S/C22H26N2O6S2/c1-14-9-11-15(12-10-14)32(28,29)13-5-8-18(25)23-21-19(20(26)24-22(27)30-2)16-6-3-4-7-17(16)31-21/h9-12H,3-8,13H2,1-2H3,(H,23,25)(H,24,26,27). The zero-order valence-electron chi connectivity index (χ0n) is 18.0. The first kappa shape index (κ1) is 23.9. The minimum absolute atomic E-state index is 0.00822. The molecule has 0 spiro atoms. The van der Waals surface area contributed by atoms with Crippen LogP contribution < -0.4 is 10.6 Å². The van der Waals surface area contributed by atoms with Gasteiger partial charge in [-0.2, -0.15) is 0 Å². The molecule has 172 valence electrons. The van der Waals surface area contributed by atoms with Gasteiger partial charge in [0.15, 0.2) is 9.84 Å². The van der Waals surface area contributed by atoms with Crippen molar-refractivity contribution >= 4 is 44.1 Å². The molecule has 0 unspecified atom stereocenters. The molecule has 8 nitrogen and oxygen atoms in total. The first-order valence-corrected chi connectivity index (χ1v) is 12.8. The van der Waals surface area contributed by atoms with Crippen LogP contribution >= 0.6 is 11.3 Å². The minimum Gasteiger partial charge on any atom is -0.453 e. The Morgan fingerprint density at radius 2 is 1.78 bits per heavy atom. The van der Waals surface area contributed by atoms with Gasteiger partial charge in [0, 0.05) is 11.3 Å². The van der Waals surface area contributed by atoms with E-state index in [9.17, 15) is 22.8 Å². The van der Waals surface area contributed by atoms with Crippen LogP contribution in [0.5, 0.6) is 0 Å². The Bertz CT molecular complexity index is 1120. The third-order valence-corrected chi connectivity index (χ3v) is 8.27. The van der Waals surface area contributed by atoms with Gasteiger partial charge in [0.2, 0.25) is 5.91 Å². The molecule has 0 saturated carbocycles. The molecule has 2 N–H and O–H groups in total. The maximum absolute atomic E-state index is 12.6. The van der Waals surface area contributed by atoms with Crippen LogP contribution in [0.3, 0.4) is 0 Å². The largest absolute Gasteiger partial charge is 0.453 e. The lowest BCUT2D eigenvalue weighted by Gasteiger charge is -2.12. The number of carbonyl (C=O) groups is 3. The minimum atomic E-state index is -3.48. The molecular weight excluding hydrogens is 452 g/mol. The molecule has 0 radical (unpaired) electrons. The molecule has 0 bridgehead atoms. The van der Waals surface area contributed by atoms with E-state index >= 15 is 0 Å². The summed E-state index contributed by atoms with van der Waals surface area (Å²) in [6.07, 6.45) is 2.69. The number of thiophene rings is 1. The van der Waals surface area contributed by atoms with E-state index in [2.05, 4.69) is 15.4 Å². The smallest absolute Gasteiger partial charge is 0.413 e. The molecule has 3 amide bonds. The second kappa shape index (κ2) is 10.3. The zero-order valence-corrected chi connectivity index (χ0v) is 19.7. The average molecular weight is 479 g/mol. The van der Waals surface area contributed by atoms with Crippen LogP contribution in [0.1, 0.15) is 52.0 Å². The molecule has 1 aliphatic carbocycles. The zero-order chi connectivity index (χ0) is 23.3. The molecule has 0 atom stereocenters. The highest BCUT2D eigenvalue weighted by atomic mass is 32.2. The Hall–Kier alpha value is -2.72. The highest BCUT2D eigenvalue weighted by Gasteiger charge is 2.27. The van der Waals surface area contributed by atoms with Gasteiger partial charge in [0.1, 0.15) is 5.00 Å². The number of imide groups is 1. The van der Waals surface area contributed by atoms with Crippen molar-refractivity contribution in [1.29, 1.82) is 0 Å². The molecule has 0 fully saturated rings. The fourth-order valence-corrected chi connectivity index (χ4v) is 6.19. The van der Waals surface area contributed by atoms with Crippen LogP contribution in [0.15, 0.2) is 29.2 Å². The van der Waals surface area contributed by atoms with Gasteiger partial charge >= 0.3 is 6.09 Å². The first-order valence-electron chi connectivity index (χ1n) is 10.3. The number of aryl methyl sites for hydroxylation is 2. The van der Waals surface area contributed by atoms with Gasteiger partial charge in [0.25, 0.3) is 5.91 Å². The van der Waals surface area contributed by atoms with Crippen LogP contribution in [0, 0.1) is 6.92 Å². The fourth-order valence-electron chi connectivity index (χ4n) is 3.58.